The number of hydrogen-bond acceptors (Lipinski definition) is 3. The molecule has 17 heavy (non-hydrogen) atoms. The van der Waals surface area contributed by atoms with Gasteiger partial charge >= 0.3 is 12.0 Å². The zero-order valence-electron chi connectivity index (χ0n) is 11.0. The summed E-state index contributed by atoms with van der Waals surface area (Å²) < 4.78 is 0. The first-order chi connectivity index (χ1) is 7.88. The van der Waals surface area contributed by atoms with Crippen molar-refractivity contribution in [2.45, 2.75) is 26.3 Å². The van der Waals surface area contributed by atoms with Crippen LogP contribution in [0, 0.1) is 5.92 Å². The van der Waals surface area contributed by atoms with Gasteiger partial charge in [-0.15, -0.1) is 0 Å². The Bertz CT molecular complexity index is 256. The Morgan fingerprint density at radius 1 is 1.35 bits per heavy atom. The van der Waals surface area contributed by atoms with Crippen molar-refractivity contribution >= 4 is 12.0 Å². The number of amides is 2. The molecule has 0 saturated heterocycles. The maximum absolute atomic E-state index is 11.5. The first-order valence-corrected chi connectivity index (χ1v) is 5.80. The van der Waals surface area contributed by atoms with Gasteiger partial charge in [0.1, 0.15) is 6.04 Å². The summed E-state index contributed by atoms with van der Waals surface area (Å²) in [5, 5.41) is 14.1. The number of nitrogens with zero attached hydrogens (tertiary/aromatic N) is 1. The molecule has 100 valence electrons. The van der Waals surface area contributed by atoms with Crippen molar-refractivity contribution in [2.24, 2.45) is 5.92 Å². The van der Waals surface area contributed by atoms with Crippen LogP contribution < -0.4 is 10.6 Å². The van der Waals surface area contributed by atoms with E-state index in [2.05, 4.69) is 10.6 Å². The third kappa shape index (κ3) is 6.78. The van der Waals surface area contributed by atoms with Gasteiger partial charge in [0.25, 0.3) is 0 Å². The number of aliphatic carboxylic acids is 1. The fraction of sp³-hybridized carbons (Fsp3) is 0.818. The maximum atomic E-state index is 11.5. The van der Waals surface area contributed by atoms with Crippen LogP contribution in [0.1, 0.15) is 20.3 Å². The minimum atomic E-state index is -0.998. The van der Waals surface area contributed by atoms with Crippen LogP contribution >= 0.6 is 0 Å². The van der Waals surface area contributed by atoms with E-state index in [1.54, 1.807) is 6.92 Å². The number of carboxylic acid groups (broad SMARTS) is 1. The highest BCUT2D eigenvalue weighted by molar-refractivity contribution is 5.82. The molecule has 0 fully saturated rings. The first kappa shape index (κ1) is 15.7. The lowest BCUT2D eigenvalue weighted by atomic mass is 9.99. The average Bonchev–Trinajstić information content (AvgIpc) is 2.24. The largest absolute Gasteiger partial charge is 0.480 e. The van der Waals surface area contributed by atoms with Crippen molar-refractivity contribution in [3.8, 4) is 0 Å². The van der Waals surface area contributed by atoms with E-state index in [1.165, 1.54) is 0 Å². The fourth-order valence-corrected chi connectivity index (χ4v) is 1.27. The minimum absolute atomic E-state index is 0.0906. The predicted molar refractivity (Wildman–Crippen MR) is 66.0 cm³/mol. The van der Waals surface area contributed by atoms with E-state index in [4.69, 9.17) is 5.11 Å². The molecule has 0 aliphatic heterocycles. The molecule has 2 unspecified atom stereocenters. The van der Waals surface area contributed by atoms with Crippen molar-refractivity contribution in [3.05, 3.63) is 0 Å². The lowest BCUT2D eigenvalue weighted by Gasteiger charge is -2.20. The Labute approximate surface area is 102 Å². The molecule has 0 aliphatic rings. The summed E-state index contributed by atoms with van der Waals surface area (Å²) in [6.45, 7) is 4.91. The van der Waals surface area contributed by atoms with E-state index in [0.717, 1.165) is 0 Å². The molecule has 3 N–H and O–H groups in total. The number of carboxylic acids is 1. The molecule has 0 aromatic rings. The zero-order chi connectivity index (χ0) is 13.4. The second kappa shape index (κ2) is 7.89. The molecule has 0 aromatic carbocycles. The highest BCUT2D eigenvalue weighted by atomic mass is 16.4. The molecular weight excluding hydrogens is 222 g/mol. The highest BCUT2D eigenvalue weighted by Gasteiger charge is 2.24. The Morgan fingerprint density at radius 3 is 2.35 bits per heavy atom. The Morgan fingerprint density at radius 2 is 1.94 bits per heavy atom. The van der Waals surface area contributed by atoms with E-state index < -0.39 is 18.0 Å². The lowest BCUT2D eigenvalue weighted by Crippen LogP contribution is -2.49. The van der Waals surface area contributed by atoms with Crippen LogP contribution in [0.25, 0.3) is 0 Å². The third-order valence-corrected chi connectivity index (χ3v) is 2.61. The summed E-state index contributed by atoms with van der Waals surface area (Å²) in [6, 6.07) is -1.26. The summed E-state index contributed by atoms with van der Waals surface area (Å²) in [7, 11) is 3.80. The number of carbonyl (C=O) groups is 2. The minimum Gasteiger partial charge on any atom is -0.480 e. The van der Waals surface area contributed by atoms with Crippen LogP contribution in [0.3, 0.4) is 0 Å². The van der Waals surface area contributed by atoms with Gasteiger partial charge in [0.05, 0.1) is 0 Å². The van der Waals surface area contributed by atoms with Crippen molar-refractivity contribution in [2.75, 3.05) is 27.2 Å². The molecular formula is C11H23N3O3. The van der Waals surface area contributed by atoms with E-state index in [-0.39, 0.29) is 5.92 Å². The lowest BCUT2D eigenvalue weighted by molar-refractivity contribution is -0.140. The Kier molecular flexibility index (Phi) is 7.29. The van der Waals surface area contributed by atoms with Gasteiger partial charge in [-0.3, -0.25) is 0 Å². The molecule has 0 rings (SSSR count). The Hall–Kier alpha value is -1.30. The number of hydrogen-bond donors (Lipinski definition) is 3. The van der Waals surface area contributed by atoms with E-state index >= 15 is 0 Å². The molecule has 2 amide bonds. The third-order valence-electron chi connectivity index (χ3n) is 2.61. The van der Waals surface area contributed by atoms with Crippen molar-refractivity contribution < 1.29 is 14.7 Å². The standard InChI is InChI=1S/C11H23N3O3/c1-5-8(2)9(10(15)16)13-11(17)12-6-7-14(3)4/h8-9H,5-7H2,1-4H3,(H,15,16)(H2,12,13,17). The van der Waals surface area contributed by atoms with E-state index in [0.29, 0.717) is 19.5 Å². The smallest absolute Gasteiger partial charge is 0.326 e. The van der Waals surface area contributed by atoms with Gasteiger partial charge in [-0.25, -0.2) is 9.59 Å². The molecule has 2 atom stereocenters. The second-order valence-electron chi connectivity index (χ2n) is 4.40. The number of carbonyl (C=O) groups excluding carboxylic acids is 1. The van der Waals surface area contributed by atoms with Crippen LogP contribution in [-0.2, 0) is 4.79 Å². The molecule has 0 spiro atoms. The van der Waals surface area contributed by atoms with E-state index in [9.17, 15) is 9.59 Å². The van der Waals surface area contributed by atoms with E-state index in [1.807, 2.05) is 25.9 Å². The van der Waals surface area contributed by atoms with Gasteiger partial charge in [0.2, 0.25) is 0 Å². The quantitative estimate of drug-likeness (QED) is 0.604. The first-order valence-electron chi connectivity index (χ1n) is 5.80. The van der Waals surface area contributed by atoms with Gasteiger partial charge in [-0.2, -0.15) is 0 Å². The monoisotopic (exact) mass is 245 g/mol. The predicted octanol–water partition coefficient (Wildman–Crippen LogP) is 0.347. The van der Waals surface area contributed by atoms with Crippen LogP contribution in [0.4, 0.5) is 4.79 Å². The molecule has 6 heteroatoms. The summed E-state index contributed by atoms with van der Waals surface area (Å²) in [4.78, 5) is 24.4. The van der Waals surface area contributed by atoms with Crippen LogP contribution in [0.2, 0.25) is 0 Å². The van der Waals surface area contributed by atoms with Crippen LogP contribution in [0.5, 0.6) is 0 Å². The van der Waals surface area contributed by atoms with Crippen molar-refractivity contribution in [3.63, 3.8) is 0 Å². The average molecular weight is 245 g/mol. The molecule has 0 aliphatic carbocycles. The van der Waals surface area contributed by atoms with Crippen LogP contribution in [-0.4, -0.2) is 55.2 Å². The normalized spacial score (nSPS) is 14.2. The van der Waals surface area contributed by atoms with Gasteiger partial charge in [-0.05, 0) is 20.0 Å². The zero-order valence-corrected chi connectivity index (χ0v) is 11.0. The number of urea groups is 1. The van der Waals surface area contributed by atoms with Gasteiger partial charge in [0.15, 0.2) is 0 Å². The fourth-order valence-electron chi connectivity index (χ4n) is 1.27. The van der Waals surface area contributed by atoms with Crippen molar-refractivity contribution in [1.29, 1.82) is 0 Å². The molecule has 0 radical (unpaired) electrons. The number of likely N-dealkylation sites (N-methyl/N-ethyl adjacent to an activating group) is 1. The summed E-state index contributed by atoms with van der Waals surface area (Å²) in [5.74, 6) is -1.09. The molecule has 0 bridgehead atoms. The number of rotatable bonds is 7. The topological polar surface area (TPSA) is 81.7 Å². The summed E-state index contributed by atoms with van der Waals surface area (Å²) in [6.07, 6.45) is 0.703. The number of nitrogens with one attached hydrogen (secondary N) is 2. The molecule has 6 nitrogen and oxygen atoms in total. The SMILES string of the molecule is CCC(C)C(NC(=O)NCCN(C)C)C(=O)O. The van der Waals surface area contributed by atoms with Crippen molar-refractivity contribution in [1.82, 2.24) is 15.5 Å². The van der Waals surface area contributed by atoms with Gasteiger partial charge < -0.3 is 20.6 Å². The summed E-state index contributed by atoms with van der Waals surface area (Å²) >= 11 is 0. The molecule has 0 aromatic heterocycles. The van der Waals surface area contributed by atoms with Crippen LogP contribution in [0.15, 0.2) is 0 Å². The summed E-state index contributed by atoms with van der Waals surface area (Å²) in [5.41, 5.74) is 0. The maximum Gasteiger partial charge on any atom is 0.326 e. The Balaban J connectivity index is 4.09. The molecule has 0 heterocycles. The second-order valence-corrected chi connectivity index (χ2v) is 4.40. The van der Waals surface area contributed by atoms with Gasteiger partial charge in [0, 0.05) is 13.1 Å². The molecule has 0 saturated carbocycles. The highest BCUT2D eigenvalue weighted by Crippen LogP contribution is 2.07. The van der Waals surface area contributed by atoms with Gasteiger partial charge in [-0.1, -0.05) is 20.3 Å².